The van der Waals surface area contributed by atoms with Gasteiger partial charge in [0.25, 0.3) is 11.8 Å². The Labute approximate surface area is 179 Å². The molecule has 1 unspecified atom stereocenters. The number of carbonyl (C=O) groups excluding carboxylic acids is 2. The number of para-hydroxylation sites is 1. The van der Waals surface area contributed by atoms with E-state index in [-0.39, 0.29) is 17.9 Å². The first kappa shape index (κ1) is 20.5. The summed E-state index contributed by atoms with van der Waals surface area (Å²) in [4.78, 5) is 30.1. The standard InChI is InChI=1S/C25H31N3O2/c1-19-9-7-8-16-28(19)25(30)22-12-5-6-13-23(22)27-17-14-21(15-18-27)26-24(29)20-10-3-2-4-11-20/h2-6,10-13,19,21H,7-9,14-18H2,1H3,(H,26,29). The maximum absolute atomic E-state index is 13.3. The van der Waals surface area contributed by atoms with Gasteiger partial charge in [0.15, 0.2) is 0 Å². The number of nitrogens with zero attached hydrogens (tertiary/aromatic N) is 2. The Balaban J connectivity index is 1.40. The number of likely N-dealkylation sites (tertiary alicyclic amines) is 1. The van der Waals surface area contributed by atoms with E-state index in [9.17, 15) is 9.59 Å². The number of anilines is 1. The lowest BCUT2D eigenvalue weighted by Crippen LogP contribution is -2.46. The highest BCUT2D eigenvalue weighted by molar-refractivity contribution is 6.00. The summed E-state index contributed by atoms with van der Waals surface area (Å²) < 4.78 is 0. The van der Waals surface area contributed by atoms with Crippen molar-refractivity contribution in [3.05, 3.63) is 65.7 Å². The number of amides is 2. The molecule has 158 valence electrons. The minimum Gasteiger partial charge on any atom is -0.371 e. The van der Waals surface area contributed by atoms with Gasteiger partial charge in [-0.2, -0.15) is 0 Å². The topological polar surface area (TPSA) is 52.7 Å². The summed E-state index contributed by atoms with van der Waals surface area (Å²) in [6, 6.07) is 17.8. The van der Waals surface area contributed by atoms with Crippen molar-refractivity contribution in [2.75, 3.05) is 24.5 Å². The number of benzene rings is 2. The fraction of sp³-hybridized carbons (Fsp3) is 0.440. The molecular weight excluding hydrogens is 374 g/mol. The molecule has 0 saturated carbocycles. The molecule has 2 aromatic rings. The molecule has 2 amide bonds. The molecule has 2 aliphatic heterocycles. The highest BCUT2D eigenvalue weighted by Crippen LogP contribution is 2.28. The third-order valence-electron chi connectivity index (χ3n) is 6.41. The molecule has 0 spiro atoms. The average molecular weight is 406 g/mol. The van der Waals surface area contributed by atoms with E-state index in [1.807, 2.05) is 53.4 Å². The second-order valence-electron chi connectivity index (χ2n) is 8.46. The van der Waals surface area contributed by atoms with Crippen LogP contribution in [0.4, 0.5) is 5.69 Å². The Hall–Kier alpha value is -2.82. The molecule has 2 saturated heterocycles. The molecule has 0 bridgehead atoms. The van der Waals surface area contributed by atoms with E-state index in [2.05, 4.69) is 23.2 Å². The van der Waals surface area contributed by atoms with Crippen molar-refractivity contribution < 1.29 is 9.59 Å². The fourth-order valence-electron chi connectivity index (χ4n) is 4.61. The monoisotopic (exact) mass is 405 g/mol. The number of hydrogen-bond acceptors (Lipinski definition) is 3. The Morgan fingerprint density at radius 2 is 1.57 bits per heavy atom. The highest BCUT2D eigenvalue weighted by atomic mass is 16.2. The normalized spacial score (nSPS) is 20.1. The zero-order chi connectivity index (χ0) is 20.9. The summed E-state index contributed by atoms with van der Waals surface area (Å²) in [5.74, 6) is 0.140. The maximum atomic E-state index is 13.3. The van der Waals surface area contributed by atoms with Gasteiger partial charge in [0.05, 0.1) is 5.56 Å². The van der Waals surface area contributed by atoms with Gasteiger partial charge in [-0.05, 0) is 63.3 Å². The van der Waals surface area contributed by atoms with Crippen LogP contribution in [-0.2, 0) is 0 Å². The Morgan fingerprint density at radius 1 is 0.867 bits per heavy atom. The second kappa shape index (κ2) is 9.33. The van der Waals surface area contributed by atoms with Crippen molar-refractivity contribution in [1.29, 1.82) is 0 Å². The van der Waals surface area contributed by atoms with Gasteiger partial charge in [-0.25, -0.2) is 0 Å². The molecule has 1 N–H and O–H groups in total. The molecule has 2 heterocycles. The summed E-state index contributed by atoms with van der Waals surface area (Å²) in [6.45, 7) is 4.67. The number of rotatable bonds is 4. The second-order valence-corrected chi connectivity index (χ2v) is 8.46. The summed E-state index contributed by atoms with van der Waals surface area (Å²) in [7, 11) is 0. The van der Waals surface area contributed by atoms with Crippen LogP contribution in [-0.4, -0.2) is 48.4 Å². The molecule has 5 heteroatoms. The van der Waals surface area contributed by atoms with E-state index in [0.29, 0.717) is 11.6 Å². The molecule has 2 fully saturated rings. The van der Waals surface area contributed by atoms with Crippen molar-refractivity contribution in [2.45, 2.75) is 51.1 Å². The van der Waals surface area contributed by atoms with Crippen LogP contribution >= 0.6 is 0 Å². The molecule has 0 radical (unpaired) electrons. The molecule has 0 aromatic heterocycles. The van der Waals surface area contributed by atoms with Gasteiger partial charge in [-0.1, -0.05) is 30.3 Å². The third kappa shape index (κ3) is 4.50. The number of hydrogen-bond donors (Lipinski definition) is 1. The first-order chi connectivity index (χ1) is 14.6. The lowest BCUT2D eigenvalue weighted by Gasteiger charge is -2.37. The Kier molecular flexibility index (Phi) is 6.36. The summed E-state index contributed by atoms with van der Waals surface area (Å²) in [5.41, 5.74) is 2.53. The van der Waals surface area contributed by atoms with Crippen LogP contribution in [0.15, 0.2) is 54.6 Å². The van der Waals surface area contributed by atoms with Gasteiger partial charge < -0.3 is 15.1 Å². The number of nitrogens with one attached hydrogen (secondary N) is 1. The first-order valence-electron chi connectivity index (χ1n) is 11.1. The predicted molar refractivity (Wildman–Crippen MR) is 120 cm³/mol. The SMILES string of the molecule is CC1CCCCN1C(=O)c1ccccc1N1CCC(NC(=O)c2ccccc2)CC1. The van der Waals surface area contributed by atoms with E-state index in [4.69, 9.17) is 0 Å². The molecule has 2 aliphatic rings. The molecule has 2 aromatic carbocycles. The largest absolute Gasteiger partial charge is 0.371 e. The van der Waals surface area contributed by atoms with Crippen LogP contribution in [0.25, 0.3) is 0 Å². The van der Waals surface area contributed by atoms with Gasteiger partial charge in [0, 0.05) is 43.0 Å². The third-order valence-corrected chi connectivity index (χ3v) is 6.41. The minimum absolute atomic E-state index is 0.0104. The van der Waals surface area contributed by atoms with Crippen molar-refractivity contribution in [3.8, 4) is 0 Å². The molecule has 4 rings (SSSR count). The first-order valence-corrected chi connectivity index (χ1v) is 11.1. The van der Waals surface area contributed by atoms with Crippen LogP contribution in [0.5, 0.6) is 0 Å². The average Bonchev–Trinajstić information content (AvgIpc) is 2.80. The van der Waals surface area contributed by atoms with E-state index in [1.54, 1.807) is 0 Å². The summed E-state index contributed by atoms with van der Waals surface area (Å²) in [6.07, 6.45) is 5.13. The Morgan fingerprint density at radius 3 is 2.30 bits per heavy atom. The molecule has 30 heavy (non-hydrogen) atoms. The maximum Gasteiger partial charge on any atom is 0.256 e. The summed E-state index contributed by atoms with van der Waals surface area (Å²) >= 11 is 0. The van der Waals surface area contributed by atoms with E-state index < -0.39 is 0 Å². The van der Waals surface area contributed by atoms with Gasteiger partial charge in [0.1, 0.15) is 0 Å². The van der Waals surface area contributed by atoms with Crippen LogP contribution < -0.4 is 10.2 Å². The lowest BCUT2D eigenvalue weighted by molar-refractivity contribution is 0.0636. The van der Waals surface area contributed by atoms with Crippen molar-refractivity contribution in [1.82, 2.24) is 10.2 Å². The minimum atomic E-state index is -0.0104. The predicted octanol–water partition coefficient (Wildman–Crippen LogP) is 4.10. The van der Waals surface area contributed by atoms with E-state index in [0.717, 1.165) is 56.6 Å². The number of carbonyl (C=O) groups is 2. The van der Waals surface area contributed by atoms with Crippen LogP contribution in [0.1, 0.15) is 59.7 Å². The van der Waals surface area contributed by atoms with Gasteiger partial charge >= 0.3 is 0 Å². The van der Waals surface area contributed by atoms with Crippen LogP contribution in [0.3, 0.4) is 0 Å². The van der Waals surface area contributed by atoms with E-state index in [1.165, 1.54) is 6.42 Å². The van der Waals surface area contributed by atoms with Gasteiger partial charge in [-0.3, -0.25) is 9.59 Å². The van der Waals surface area contributed by atoms with Gasteiger partial charge in [-0.15, -0.1) is 0 Å². The summed E-state index contributed by atoms with van der Waals surface area (Å²) in [5, 5.41) is 3.16. The smallest absolute Gasteiger partial charge is 0.256 e. The quantitative estimate of drug-likeness (QED) is 0.833. The van der Waals surface area contributed by atoms with Crippen LogP contribution in [0, 0.1) is 0 Å². The van der Waals surface area contributed by atoms with Crippen molar-refractivity contribution in [2.24, 2.45) is 0 Å². The van der Waals surface area contributed by atoms with Crippen LogP contribution in [0.2, 0.25) is 0 Å². The highest BCUT2D eigenvalue weighted by Gasteiger charge is 2.28. The zero-order valence-corrected chi connectivity index (χ0v) is 17.7. The molecular formula is C25H31N3O2. The lowest BCUT2D eigenvalue weighted by atomic mass is 9.99. The molecule has 0 aliphatic carbocycles. The molecule has 5 nitrogen and oxygen atoms in total. The zero-order valence-electron chi connectivity index (χ0n) is 17.7. The number of piperidine rings is 2. The van der Waals surface area contributed by atoms with E-state index >= 15 is 0 Å². The van der Waals surface area contributed by atoms with Gasteiger partial charge in [0.2, 0.25) is 0 Å². The Bertz CT molecular complexity index is 875. The molecule has 1 atom stereocenters. The fourth-order valence-corrected chi connectivity index (χ4v) is 4.61. The van der Waals surface area contributed by atoms with Crippen molar-refractivity contribution >= 4 is 17.5 Å². The van der Waals surface area contributed by atoms with Crippen molar-refractivity contribution in [3.63, 3.8) is 0 Å².